The molecule has 1 aliphatic rings. The van der Waals surface area contributed by atoms with Crippen LogP contribution in [0.1, 0.15) is 59.3 Å². The van der Waals surface area contributed by atoms with Crippen LogP contribution >= 0.6 is 0 Å². The summed E-state index contributed by atoms with van der Waals surface area (Å²) in [5.74, 6) is 2.14. The van der Waals surface area contributed by atoms with Crippen LogP contribution in [-0.4, -0.2) is 5.78 Å². The van der Waals surface area contributed by atoms with Crippen molar-refractivity contribution in [3.05, 3.63) is 0 Å². The van der Waals surface area contributed by atoms with Crippen LogP contribution in [0, 0.1) is 17.8 Å². The Labute approximate surface area is 88.3 Å². The highest BCUT2D eigenvalue weighted by Crippen LogP contribution is 2.35. The molecule has 0 radical (unpaired) electrons. The normalized spacial score (nSPS) is 27.1. The summed E-state index contributed by atoms with van der Waals surface area (Å²) in [5, 5.41) is 0. The van der Waals surface area contributed by atoms with Gasteiger partial charge in [0.1, 0.15) is 5.78 Å². The Morgan fingerprint density at radius 3 is 2.29 bits per heavy atom. The smallest absolute Gasteiger partial charge is 0.139 e. The van der Waals surface area contributed by atoms with Crippen LogP contribution < -0.4 is 0 Å². The predicted octanol–water partition coefficient (Wildman–Crippen LogP) is 3.82. The number of hydrogen-bond donors (Lipinski definition) is 0. The maximum atomic E-state index is 12.1. The Morgan fingerprint density at radius 1 is 1.21 bits per heavy atom. The summed E-state index contributed by atoms with van der Waals surface area (Å²) < 4.78 is 0. The van der Waals surface area contributed by atoms with E-state index in [0.29, 0.717) is 17.6 Å². The van der Waals surface area contributed by atoms with E-state index in [0.717, 1.165) is 25.2 Å². The molecule has 1 heteroatoms. The lowest BCUT2D eigenvalue weighted by Gasteiger charge is -2.16. The van der Waals surface area contributed by atoms with Crippen molar-refractivity contribution in [3.8, 4) is 0 Å². The molecule has 2 unspecified atom stereocenters. The predicted molar refractivity (Wildman–Crippen MR) is 60.2 cm³/mol. The van der Waals surface area contributed by atoms with Crippen molar-refractivity contribution in [1.82, 2.24) is 0 Å². The van der Waals surface area contributed by atoms with Crippen LogP contribution in [0.25, 0.3) is 0 Å². The van der Waals surface area contributed by atoms with Gasteiger partial charge in [-0.3, -0.25) is 4.79 Å². The van der Waals surface area contributed by atoms with E-state index in [9.17, 15) is 4.79 Å². The summed E-state index contributed by atoms with van der Waals surface area (Å²) in [6.07, 6.45) is 6.94. The van der Waals surface area contributed by atoms with E-state index in [1.54, 1.807) is 0 Å². The number of ketones is 1. The second-order valence-corrected chi connectivity index (χ2v) is 4.70. The van der Waals surface area contributed by atoms with Gasteiger partial charge in [-0.1, -0.05) is 27.2 Å². The SMILES string of the molecule is CCC1CCC(C(=O)C(CC)CC)C1. The lowest BCUT2D eigenvalue weighted by Crippen LogP contribution is -2.21. The highest BCUT2D eigenvalue weighted by molar-refractivity contribution is 5.83. The lowest BCUT2D eigenvalue weighted by atomic mass is 9.87. The molecule has 0 amide bonds. The van der Waals surface area contributed by atoms with Crippen LogP contribution in [0.4, 0.5) is 0 Å². The van der Waals surface area contributed by atoms with Crippen molar-refractivity contribution in [2.75, 3.05) is 0 Å². The fraction of sp³-hybridized carbons (Fsp3) is 0.923. The monoisotopic (exact) mass is 196 g/mol. The number of carbonyl (C=O) groups is 1. The van der Waals surface area contributed by atoms with E-state index in [4.69, 9.17) is 0 Å². The molecule has 1 fully saturated rings. The van der Waals surface area contributed by atoms with E-state index in [2.05, 4.69) is 20.8 Å². The van der Waals surface area contributed by atoms with Crippen LogP contribution in [0.5, 0.6) is 0 Å². The molecule has 14 heavy (non-hydrogen) atoms. The first-order valence-electron chi connectivity index (χ1n) is 6.26. The molecule has 0 aromatic carbocycles. The Hall–Kier alpha value is -0.330. The molecular weight excluding hydrogens is 172 g/mol. The second kappa shape index (κ2) is 5.53. The van der Waals surface area contributed by atoms with Gasteiger partial charge in [0.05, 0.1) is 0 Å². The molecule has 0 heterocycles. The first kappa shape index (κ1) is 11.7. The molecule has 0 bridgehead atoms. The van der Waals surface area contributed by atoms with Gasteiger partial charge >= 0.3 is 0 Å². The molecule has 2 atom stereocenters. The summed E-state index contributed by atoms with van der Waals surface area (Å²) >= 11 is 0. The maximum absolute atomic E-state index is 12.1. The van der Waals surface area contributed by atoms with Gasteiger partial charge < -0.3 is 0 Å². The standard InChI is InChI=1S/C13H24O/c1-4-10-7-8-12(9-10)13(14)11(5-2)6-3/h10-12H,4-9H2,1-3H3. The molecule has 1 nitrogen and oxygen atoms in total. The second-order valence-electron chi connectivity index (χ2n) is 4.70. The number of carbonyl (C=O) groups excluding carboxylic acids is 1. The third-order valence-corrected chi connectivity index (χ3v) is 3.91. The largest absolute Gasteiger partial charge is 0.299 e. The van der Waals surface area contributed by atoms with Crippen molar-refractivity contribution in [3.63, 3.8) is 0 Å². The molecule has 0 aromatic rings. The zero-order valence-electron chi connectivity index (χ0n) is 9.88. The first-order valence-corrected chi connectivity index (χ1v) is 6.26. The average molecular weight is 196 g/mol. The van der Waals surface area contributed by atoms with Crippen LogP contribution in [0.15, 0.2) is 0 Å². The topological polar surface area (TPSA) is 17.1 Å². The van der Waals surface area contributed by atoms with Gasteiger partial charge in [-0.2, -0.15) is 0 Å². The van der Waals surface area contributed by atoms with Crippen molar-refractivity contribution in [2.45, 2.75) is 59.3 Å². The van der Waals surface area contributed by atoms with Gasteiger partial charge in [0.25, 0.3) is 0 Å². The summed E-state index contributed by atoms with van der Waals surface area (Å²) in [6.45, 7) is 6.52. The quantitative estimate of drug-likeness (QED) is 0.653. The number of hydrogen-bond acceptors (Lipinski definition) is 1. The maximum Gasteiger partial charge on any atom is 0.139 e. The van der Waals surface area contributed by atoms with Gasteiger partial charge in [-0.25, -0.2) is 0 Å². The Kier molecular flexibility index (Phi) is 4.64. The van der Waals surface area contributed by atoms with E-state index in [1.807, 2.05) is 0 Å². The molecule has 0 saturated heterocycles. The van der Waals surface area contributed by atoms with Crippen molar-refractivity contribution < 1.29 is 4.79 Å². The van der Waals surface area contributed by atoms with Gasteiger partial charge in [0.15, 0.2) is 0 Å². The minimum absolute atomic E-state index is 0.343. The molecule has 1 aliphatic carbocycles. The molecule has 0 aliphatic heterocycles. The summed E-state index contributed by atoms with van der Waals surface area (Å²) in [6, 6.07) is 0. The van der Waals surface area contributed by atoms with Crippen molar-refractivity contribution in [1.29, 1.82) is 0 Å². The Balaban J connectivity index is 2.45. The van der Waals surface area contributed by atoms with Gasteiger partial charge in [-0.15, -0.1) is 0 Å². The molecule has 0 N–H and O–H groups in total. The third-order valence-electron chi connectivity index (χ3n) is 3.91. The Morgan fingerprint density at radius 2 is 1.86 bits per heavy atom. The number of Topliss-reactive ketones (excluding diaryl/α,β-unsaturated/α-hetero) is 1. The average Bonchev–Trinajstić information content (AvgIpc) is 2.67. The van der Waals surface area contributed by atoms with Gasteiger partial charge in [0.2, 0.25) is 0 Å². The van der Waals surface area contributed by atoms with E-state index in [1.165, 1.54) is 19.3 Å². The van der Waals surface area contributed by atoms with Crippen molar-refractivity contribution >= 4 is 5.78 Å². The summed E-state index contributed by atoms with van der Waals surface area (Å²) in [4.78, 5) is 12.1. The van der Waals surface area contributed by atoms with Gasteiger partial charge in [-0.05, 0) is 38.0 Å². The highest BCUT2D eigenvalue weighted by Gasteiger charge is 2.31. The summed E-state index contributed by atoms with van der Waals surface area (Å²) in [7, 11) is 0. The van der Waals surface area contributed by atoms with Crippen LogP contribution in [0.2, 0.25) is 0 Å². The fourth-order valence-electron chi connectivity index (χ4n) is 2.73. The zero-order chi connectivity index (χ0) is 10.6. The lowest BCUT2D eigenvalue weighted by molar-refractivity contribution is -0.126. The van der Waals surface area contributed by atoms with Crippen LogP contribution in [-0.2, 0) is 4.79 Å². The summed E-state index contributed by atoms with van der Waals surface area (Å²) in [5.41, 5.74) is 0. The molecule has 1 rings (SSSR count). The molecule has 82 valence electrons. The van der Waals surface area contributed by atoms with Crippen molar-refractivity contribution in [2.24, 2.45) is 17.8 Å². The molecular formula is C13H24O. The van der Waals surface area contributed by atoms with E-state index >= 15 is 0 Å². The minimum Gasteiger partial charge on any atom is -0.299 e. The van der Waals surface area contributed by atoms with Gasteiger partial charge in [0, 0.05) is 11.8 Å². The highest BCUT2D eigenvalue weighted by atomic mass is 16.1. The minimum atomic E-state index is 0.343. The van der Waals surface area contributed by atoms with E-state index in [-0.39, 0.29) is 0 Å². The number of rotatable bonds is 5. The molecule has 0 aromatic heterocycles. The Bertz CT molecular complexity index is 182. The zero-order valence-corrected chi connectivity index (χ0v) is 9.88. The molecule has 0 spiro atoms. The molecule has 1 saturated carbocycles. The third kappa shape index (κ3) is 2.59. The van der Waals surface area contributed by atoms with Crippen LogP contribution in [0.3, 0.4) is 0 Å². The fourth-order valence-corrected chi connectivity index (χ4v) is 2.73. The first-order chi connectivity index (χ1) is 6.72. The van der Waals surface area contributed by atoms with E-state index < -0.39 is 0 Å².